The van der Waals surface area contributed by atoms with Crippen molar-refractivity contribution in [3.05, 3.63) is 108 Å². The molecule has 1 heterocycles. The number of aliphatic hydroxyl groups excluding tert-OH is 1. The van der Waals surface area contributed by atoms with Gasteiger partial charge < -0.3 is 29.6 Å². The van der Waals surface area contributed by atoms with E-state index in [1.807, 2.05) is 6.07 Å². The van der Waals surface area contributed by atoms with Gasteiger partial charge in [0.2, 0.25) is 5.91 Å². The SMILES string of the molecule is O=C1[C@H]([C@H](O)COc2ccc(F)cc2)[C@@H](c2ccc(-c3ccc(P(=O)(O)O)cc3)cc2O)N1c1ccccc1. The summed E-state index contributed by atoms with van der Waals surface area (Å²) in [5.74, 6) is -1.44. The summed E-state index contributed by atoms with van der Waals surface area (Å²) in [5.41, 5.74) is 2.25. The third-order valence-corrected chi connectivity index (χ3v) is 7.68. The Morgan fingerprint density at radius 3 is 2.15 bits per heavy atom. The Bertz CT molecular complexity index is 1520. The molecule has 0 aliphatic carbocycles. The van der Waals surface area contributed by atoms with Gasteiger partial charge in [-0.3, -0.25) is 9.36 Å². The van der Waals surface area contributed by atoms with Gasteiger partial charge in [0.25, 0.3) is 0 Å². The second-order valence-corrected chi connectivity index (χ2v) is 10.8. The number of anilines is 1. The van der Waals surface area contributed by atoms with Crippen LogP contribution >= 0.6 is 7.60 Å². The number of hydrogen-bond donors (Lipinski definition) is 4. The fourth-order valence-corrected chi connectivity index (χ4v) is 5.27. The highest BCUT2D eigenvalue weighted by Gasteiger charge is 2.53. The third-order valence-electron chi connectivity index (χ3n) is 6.71. The summed E-state index contributed by atoms with van der Waals surface area (Å²) in [6.45, 7) is -0.216. The number of carbonyl (C=O) groups excluding carboxylic acids is 1. The second kappa shape index (κ2) is 10.6. The fourth-order valence-electron chi connectivity index (χ4n) is 4.73. The van der Waals surface area contributed by atoms with E-state index in [1.165, 1.54) is 47.4 Å². The van der Waals surface area contributed by atoms with Crippen LogP contribution in [0, 0.1) is 11.7 Å². The Morgan fingerprint density at radius 1 is 0.897 bits per heavy atom. The van der Waals surface area contributed by atoms with Gasteiger partial charge in [-0.2, -0.15) is 0 Å². The van der Waals surface area contributed by atoms with Crippen molar-refractivity contribution in [2.45, 2.75) is 12.1 Å². The molecule has 0 aromatic heterocycles. The van der Waals surface area contributed by atoms with Crippen LogP contribution in [0.2, 0.25) is 0 Å². The summed E-state index contributed by atoms with van der Waals surface area (Å²) < 4.78 is 30.3. The van der Waals surface area contributed by atoms with Gasteiger partial charge in [0.05, 0.1) is 17.3 Å². The first-order chi connectivity index (χ1) is 18.6. The number of aromatic hydroxyl groups is 1. The minimum Gasteiger partial charge on any atom is -0.508 e. The Kier molecular flexibility index (Phi) is 7.25. The van der Waals surface area contributed by atoms with Gasteiger partial charge in [0.1, 0.15) is 30.0 Å². The standard InChI is InChI=1S/C29H25FNO7P/c30-20-9-11-22(12-10-20)38-17-26(33)27-28(31(29(27)34)21-4-2-1-3-5-21)24-15-8-19(16-25(24)32)18-6-13-23(14-7-18)39(35,36)37/h1-16,26-28,32-33H,17H2,(H2,35,36,37)/t26-,27-,28-/m1/s1. The molecule has 10 heteroatoms. The Morgan fingerprint density at radius 2 is 1.54 bits per heavy atom. The minimum absolute atomic E-state index is 0.110. The van der Waals surface area contributed by atoms with Crippen LogP contribution in [0.15, 0.2) is 97.1 Å². The van der Waals surface area contributed by atoms with E-state index in [0.717, 1.165) is 0 Å². The van der Waals surface area contributed by atoms with Gasteiger partial charge in [-0.25, -0.2) is 4.39 Å². The van der Waals surface area contributed by atoms with Crippen LogP contribution in [0.5, 0.6) is 11.5 Å². The largest absolute Gasteiger partial charge is 0.508 e. The molecule has 0 radical (unpaired) electrons. The van der Waals surface area contributed by atoms with Crippen molar-refractivity contribution in [1.29, 1.82) is 0 Å². The van der Waals surface area contributed by atoms with E-state index in [0.29, 0.717) is 28.1 Å². The van der Waals surface area contributed by atoms with Crippen molar-refractivity contribution in [2.24, 2.45) is 5.92 Å². The summed E-state index contributed by atoms with van der Waals surface area (Å²) >= 11 is 0. The van der Waals surface area contributed by atoms with Crippen molar-refractivity contribution in [1.82, 2.24) is 0 Å². The zero-order chi connectivity index (χ0) is 27.7. The topological polar surface area (TPSA) is 128 Å². The van der Waals surface area contributed by atoms with Crippen LogP contribution in [0.4, 0.5) is 10.1 Å². The van der Waals surface area contributed by atoms with E-state index in [2.05, 4.69) is 0 Å². The molecular weight excluding hydrogens is 524 g/mol. The first-order valence-corrected chi connectivity index (χ1v) is 13.7. The average molecular weight is 549 g/mol. The lowest BCUT2D eigenvalue weighted by molar-refractivity contribution is -0.137. The maximum Gasteiger partial charge on any atom is 0.356 e. The molecule has 5 rings (SSSR count). The number of phenolic OH excluding ortho intramolecular Hbond substituents is 1. The van der Waals surface area contributed by atoms with Crippen LogP contribution in [0.3, 0.4) is 0 Å². The normalized spacial score (nSPS) is 17.9. The van der Waals surface area contributed by atoms with Crippen molar-refractivity contribution in [3.8, 4) is 22.6 Å². The molecule has 0 bridgehead atoms. The van der Waals surface area contributed by atoms with Gasteiger partial charge >= 0.3 is 7.60 Å². The molecule has 0 spiro atoms. The number of halogens is 1. The fraction of sp³-hybridized carbons (Fsp3) is 0.138. The molecule has 4 aromatic carbocycles. The Labute approximate surface area is 223 Å². The number of benzene rings is 4. The highest BCUT2D eigenvalue weighted by molar-refractivity contribution is 7.60. The molecule has 8 nitrogen and oxygen atoms in total. The smallest absolute Gasteiger partial charge is 0.356 e. The zero-order valence-corrected chi connectivity index (χ0v) is 21.4. The molecule has 39 heavy (non-hydrogen) atoms. The van der Waals surface area contributed by atoms with Gasteiger partial charge in [0, 0.05) is 11.3 Å². The van der Waals surface area contributed by atoms with E-state index in [1.54, 1.807) is 48.5 Å². The molecule has 3 atom stereocenters. The maximum atomic E-state index is 13.3. The lowest BCUT2D eigenvalue weighted by atomic mass is 9.77. The summed E-state index contributed by atoms with van der Waals surface area (Å²) in [6.07, 6.45) is -1.22. The molecule has 0 saturated carbocycles. The first-order valence-electron chi connectivity index (χ1n) is 12.1. The van der Waals surface area contributed by atoms with E-state index >= 15 is 0 Å². The van der Waals surface area contributed by atoms with Crippen molar-refractivity contribution < 1.29 is 38.5 Å². The monoisotopic (exact) mass is 549 g/mol. The molecular formula is C29H25FNO7P. The van der Waals surface area contributed by atoms with E-state index < -0.39 is 31.5 Å². The van der Waals surface area contributed by atoms with Crippen LogP contribution in [0.25, 0.3) is 11.1 Å². The molecule has 0 unspecified atom stereocenters. The van der Waals surface area contributed by atoms with Crippen molar-refractivity contribution in [2.75, 3.05) is 11.5 Å². The number of hydrogen-bond acceptors (Lipinski definition) is 5. The van der Waals surface area contributed by atoms with Gasteiger partial charge in [-0.1, -0.05) is 42.5 Å². The number of carbonyl (C=O) groups is 1. The number of phenols is 1. The summed E-state index contributed by atoms with van der Waals surface area (Å²) in [6, 6.07) is 24.2. The van der Waals surface area contributed by atoms with Gasteiger partial charge in [0.15, 0.2) is 0 Å². The highest BCUT2D eigenvalue weighted by atomic mass is 31.2. The van der Waals surface area contributed by atoms with Crippen LogP contribution in [-0.4, -0.2) is 38.6 Å². The lowest BCUT2D eigenvalue weighted by Gasteiger charge is -2.49. The highest BCUT2D eigenvalue weighted by Crippen LogP contribution is 2.48. The predicted octanol–water partition coefficient (Wildman–Crippen LogP) is 4.15. The third kappa shape index (κ3) is 5.44. The molecule has 1 amide bonds. The predicted molar refractivity (Wildman–Crippen MR) is 143 cm³/mol. The molecule has 4 N–H and O–H groups in total. The number of ether oxygens (including phenoxy) is 1. The minimum atomic E-state index is -4.38. The number of para-hydroxylation sites is 1. The Hall–Kier alpha value is -4.01. The maximum absolute atomic E-state index is 13.3. The molecule has 4 aromatic rings. The molecule has 200 valence electrons. The molecule has 1 aliphatic heterocycles. The zero-order valence-electron chi connectivity index (χ0n) is 20.5. The molecule has 1 aliphatic rings. The number of amides is 1. The summed E-state index contributed by atoms with van der Waals surface area (Å²) in [4.78, 5) is 33.5. The van der Waals surface area contributed by atoms with Crippen LogP contribution < -0.4 is 14.9 Å². The van der Waals surface area contributed by atoms with Crippen LogP contribution in [0.1, 0.15) is 11.6 Å². The summed E-state index contributed by atoms with van der Waals surface area (Å²) in [5, 5.41) is 21.9. The number of aliphatic hydroxyl groups is 1. The number of β-lactam (4-membered cyclic amide) rings is 1. The first kappa shape index (κ1) is 26.6. The quantitative estimate of drug-likeness (QED) is 0.192. The van der Waals surface area contributed by atoms with Gasteiger partial charge in [-0.15, -0.1) is 0 Å². The van der Waals surface area contributed by atoms with E-state index in [4.69, 9.17) is 4.74 Å². The number of rotatable bonds is 8. The van der Waals surface area contributed by atoms with Gasteiger partial charge in [-0.05, 0) is 65.7 Å². The Balaban J connectivity index is 1.43. The lowest BCUT2D eigenvalue weighted by Crippen LogP contribution is -2.60. The van der Waals surface area contributed by atoms with E-state index in [-0.39, 0.29) is 23.6 Å². The van der Waals surface area contributed by atoms with Crippen molar-refractivity contribution in [3.63, 3.8) is 0 Å². The molecule has 1 saturated heterocycles. The number of nitrogens with zero attached hydrogens (tertiary/aromatic N) is 1. The van der Waals surface area contributed by atoms with E-state index in [9.17, 15) is 33.7 Å². The summed E-state index contributed by atoms with van der Waals surface area (Å²) in [7, 11) is -4.38. The second-order valence-electron chi connectivity index (χ2n) is 9.21. The van der Waals surface area contributed by atoms with Crippen LogP contribution in [-0.2, 0) is 9.36 Å². The van der Waals surface area contributed by atoms with Crippen molar-refractivity contribution >= 4 is 24.5 Å². The average Bonchev–Trinajstić information content (AvgIpc) is 2.92. The molecule has 1 fully saturated rings.